The van der Waals surface area contributed by atoms with Crippen LogP contribution < -0.4 is 9.47 Å². The van der Waals surface area contributed by atoms with E-state index in [4.69, 9.17) is 25.6 Å². The SMILES string of the molecule is COc1cc(-c2noc(CN3CCCC3C)n2)cc(Cl)c1OC. The lowest BCUT2D eigenvalue weighted by atomic mass is 10.2. The second-order valence-corrected chi connectivity index (χ2v) is 6.07. The molecule has 0 spiro atoms. The van der Waals surface area contributed by atoms with Gasteiger partial charge in [-0.05, 0) is 38.4 Å². The predicted octanol–water partition coefficient (Wildman–Crippen LogP) is 3.39. The molecular formula is C16H20ClN3O3. The standard InChI is InChI=1S/C16H20ClN3O3/c1-10-5-4-6-20(10)9-14-18-16(19-23-14)11-7-12(17)15(22-3)13(8-11)21-2/h7-8,10H,4-6,9H2,1-3H3. The quantitative estimate of drug-likeness (QED) is 0.833. The van der Waals surface area contributed by atoms with Gasteiger partial charge in [0.2, 0.25) is 11.7 Å². The van der Waals surface area contributed by atoms with Gasteiger partial charge in [0.1, 0.15) is 0 Å². The van der Waals surface area contributed by atoms with E-state index in [9.17, 15) is 0 Å². The third-order valence-corrected chi connectivity index (χ3v) is 4.47. The number of ether oxygens (including phenoxy) is 2. The molecule has 0 bridgehead atoms. The summed E-state index contributed by atoms with van der Waals surface area (Å²) in [5.41, 5.74) is 0.733. The fraction of sp³-hybridized carbons (Fsp3) is 0.500. The Bertz CT molecular complexity index is 689. The van der Waals surface area contributed by atoms with Crippen LogP contribution in [0.3, 0.4) is 0 Å². The van der Waals surface area contributed by atoms with E-state index in [1.165, 1.54) is 12.8 Å². The molecule has 1 aliphatic rings. The van der Waals surface area contributed by atoms with Crippen molar-refractivity contribution in [3.05, 3.63) is 23.0 Å². The maximum absolute atomic E-state index is 6.23. The van der Waals surface area contributed by atoms with E-state index in [1.54, 1.807) is 26.4 Å². The van der Waals surface area contributed by atoms with Crippen LogP contribution in [-0.2, 0) is 6.54 Å². The molecule has 1 aromatic heterocycles. The zero-order chi connectivity index (χ0) is 16.4. The minimum absolute atomic E-state index is 0.446. The number of hydrogen-bond acceptors (Lipinski definition) is 6. The van der Waals surface area contributed by atoms with Gasteiger partial charge in [-0.15, -0.1) is 0 Å². The zero-order valence-corrected chi connectivity index (χ0v) is 14.3. The van der Waals surface area contributed by atoms with Gasteiger partial charge in [-0.25, -0.2) is 0 Å². The molecule has 1 atom stereocenters. The fourth-order valence-electron chi connectivity index (χ4n) is 2.88. The number of benzene rings is 1. The molecule has 1 saturated heterocycles. The van der Waals surface area contributed by atoms with Gasteiger partial charge in [-0.3, -0.25) is 4.90 Å². The summed E-state index contributed by atoms with van der Waals surface area (Å²) in [6, 6.07) is 4.09. The number of aromatic nitrogens is 2. The second kappa shape index (κ2) is 6.76. The van der Waals surface area contributed by atoms with Gasteiger partial charge >= 0.3 is 0 Å². The number of methoxy groups -OCH3 is 2. The molecule has 0 aliphatic carbocycles. The largest absolute Gasteiger partial charge is 0.493 e. The van der Waals surface area contributed by atoms with Gasteiger partial charge in [-0.1, -0.05) is 16.8 Å². The molecular weight excluding hydrogens is 318 g/mol. The summed E-state index contributed by atoms with van der Waals surface area (Å²) in [6.07, 6.45) is 2.43. The van der Waals surface area contributed by atoms with Gasteiger partial charge < -0.3 is 14.0 Å². The molecule has 1 fully saturated rings. The zero-order valence-electron chi connectivity index (χ0n) is 13.5. The van der Waals surface area contributed by atoms with Crippen LogP contribution in [0.5, 0.6) is 11.5 Å². The van der Waals surface area contributed by atoms with E-state index < -0.39 is 0 Å². The third kappa shape index (κ3) is 3.28. The average Bonchev–Trinajstić information content (AvgIpc) is 3.16. The molecule has 6 nitrogen and oxygen atoms in total. The topological polar surface area (TPSA) is 60.6 Å². The lowest BCUT2D eigenvalue weighted by Crippen LogP contribution is -2.26. The Morgan fingerprint density at radius 3 is 2.83 bits per heavy atom. The van der Waals surface area contributed by atoms with Crippen molar-refractivity contribution in [3.63, 3.8) is 0 Å². The molecule has 0 radical (unpaired) electrons. The molecule has 0 saturated carbocycles. The highest BCUT2D eigenvalue weighted by molar-refractivity contribution is 6.32. The summed E-state index contributed by atoms with van der Waals surface area (Å²) in [7, 11) is 3.11. The molecule has 0 amide bonds. The molecule has 23 heavy (non-hydrogen) atoms. The molecule has 3 rings (SSSR count). The first-order chi connectivity index (χ1) is 11.1. The first kappa shape index (κ1) is 16.1. The Balaban J connectivity index is 1.84. The van der Waals surface area contributed by atoms with Crippen molar-refractivity contribution in [2.75, 3.05) is 20.8 Å². The molecule has 2 heterocycles. The summed E-state index contributed by atoms with van der Waals surface area (Å²) < 4.78 is 15.9. The molecule has 124 valence electrons. The number of likely N-dealkylation sites (tertiary alicyclic amines) is 1. The fourth-order valence-corrected chi connectivity index (χ4v) is 3.17. The van der Waals surface area contributed by atoms with Crippen molar-refractivity contribution in [1.29, 1.82) is 0 Å². The van der Waals surface area contributed by atoms with E-state index in [-0.39, 0.29) is 0 Å². The van der Waals surface area contributed by atoms with Crippen molar-refractivity contribution >= 4 is 11.6 Å². The van der Waals surface area contributed by atoms with Crippen molar-refractivity contribution in [2.24, 2.45) is 0 Å². The van der Waals surface area contributed by atoms with Crippen molar-refractivity contribution < 1.29 is 14.0 Å². The molecule has 1 aliphatic heterocycles. The monoisotopic (exact) mass is 337 g/mol. The van der Waals surface area contributed by atoms with Crippen molar-refractivity contribution in [2.45, 2.75) is 32.4 Å². The third-order valence-electron chi connectivity index (χ3n) is 4.19. The number of hydrogen-bond donors (Lipinski definition) is 0. The van der Waals surface area contributed by atoms with Crippen LogP contribution >= 0.6 is 11.6 Å². The van der Waals surface area contributed by atoms with Crippen LogP contribution in [0.15, 0.2) is 16.7 Å². The lowest BCUT2D eigenvalue weighted by Gasteiger charge is -2.17. The van der Waals surface area contributed by atoms with Gasteiger partial charge in [0, 0.05) is 11.6 Å². The Morgan fingerprint density at radius 1 is 1.35 bits per heavy atom. The average molecular weight is 338 g/mol. The van der Waals surface area contributed by atoms with Crippen molar-refractivity contribution in [1.82, 2.24) is 15.0 Å². The Hall–Kier alpha value is -1.79. The van der Waals surface area contributed by atoms with Crippen LogP contribution in [0.2, 0.25) is 5.02 Å². The van der Waals surface area contributed by atoms with E-state index >= 15 is 0 Å². The molecule has 0 N–H and O–H groups in total. The van der Waals surface area contributed by atoms with E-state index in [0.29, 0.717) is 40.8 Å². The van der Waals surface area contributed by atoms with Gasteiger partial charge in [-0.2, -0.15) is 4.98 Å². The highest BCUT2D eigenvalue weighted by atomic mass is 35.5. The molecule has 1 unspecified atom stereocenters. The Morgan fingerprint density at radius 2 is 2.17 bits per heavy atom. The summed E-state index contributed by atoms with van der Waals surface area (Å²) in [5.74, 6) is 2.14. The molecule has 1 aromatic carbocycles. The van der Waals surface area contributed by atoms with Crippen LogP contribution in [0, 0.1) is 0 Å². The highest BCUT2D eigenvalue weighted by Crippen LogP contribution is 2.38. The first-order valence-electron chi connectivity index (χ1n) is 7.61. The van der Waals surface area contributed by atoms with E-state index in [2.05, 4.69) is 22.0 Å². The van der Waals surface area contributed by atoms with E-state index in [1.807, 2.05) is 0 Å². The smallest absolute Gasteiger partial charge is 0.241 e. The van der Waals surface area contributed by atoms with Gasteiger partial charge in [0.05, 0.1) is 25.8 Å². The number of rotatable bonds is 5. The maximum atomic E-state index is 6.23. The van der Waals surface area contributed by atoms with Gasteiger partial charge in [0.25, 0.3) is 0 Å². The lowest BCUT2D eigenvalue weighted by molar-refractivity contribution is 0.221. The van der Waals surface area contributed by atoms with Crippen LogP contribution in [0.4, 0.5) is 0 Å². The number of halogens is 1. The Labute approximate surface area is 140 Å². The minimum Gasteiger partial charge on any atom is -0.493 e. The Kier molecular flexibility index (Phi) is 4.73. The normalized spacial score (nSPS) is 18.3. The second-order valence-electron chi connectivity index (χ2n) is 5.67. The highest BCUT2D eigenvalue weighted by Gasteiger charge is 2.23. The van der Waals surface area contributed by atoms with Crippen LogP contribution in [0.1, 0.15) is 25.7 Å². The predicted molar refractivity (Wildman–Crippen MR) is 87.0 cm³/mol. The summed E-state index contributed by atoms with van der Waals surface area (Å²) in [6.45, 7) is 3.97. The summed E-state index contributed by atoms with van der Waals surface area (Å²) in [5, 5.41) is 4.50. The molecule has 2 aromatic rings. The molecule has 7 heteroatoms. The maximum Gasteiger partial charge on any atom is 0.241 e. The summed E-state index contributed by atoms with van der Waals surface area (Å²) >= 11 is 6.23. The minimum atomic E-state index is 0.446. The van der Waals surface area contributed by atoms with Crippen LogP contribution in [0.25, 0.3) is 11.4 Å². The van der Waals surface area contributed by atoms with Crippen molar-refractivity contribution in [3.8, 4) is 22.9 Å². The number of nitrogens with zero attached hydrogens (tertiary/aromatic N) is 3. The van der Waals surface area contributed by atoms with E-state index in [0.717, 1.165) is 12.1 Å². The first-order valence-corrected chi connectivity index (χ1v) is 7.98. The van der Waals surface area contributed by atoms with Crippen LogP contribution in [-0.4, -0.2) is 41.8 Å². The summed E-state index contributed by atoms with van der Waals surface area (Å²) in [4.78, 5) is 6.82. The van der Waals surface area contributed by atoms with Gasteiger partial charge in [0.15, 0.2) is 11.5 Å².